The summed E-state index contributed by atoms with van der Waals surface area (Å²) in [6.07, 6.45) is 1.39. The molecule has 21 heavy (non-hydrogen) atoms. The van der Waals surface area contributed by atoms with Gasteiger partial charge in [0.15, 0.2) is 5.88 Å². The fourth-order valence-electron chi connectivity index (χ4n) is 1.82. The Morgan fingerprint density at radius 1 is 1.57 bits per heavy atom. The minimum Gasteiger partial charge on any atom is -0.495 e. The smallest absolute Gasteiger partial charge is 0.407 e. The molecule has 1 aliphatic rings. The van der Waals surface area contributed by atoms with Gasteiger partial charge in [-0.15, -0.1) is 0 Å². The zero-order valence-corrected chi connectivity index (χ0v) is 12.8. The van der Waals surface area contributed by atoms with E-state index in [1.165, 1.54) is 0 Å². The molecule has 0 bridgehead atoms. The number of nitrogens with two attached hydrogens (primary N) is 1. The molecule has 0 fully saturated rings. The van der Waals surface area contributed by atoms with E-state index in [1.54, 1.807) is 20.8 Å². The van der Waals surface area contributed by atoms with E-state index in [0.29, 0.717) is 12.1 Å². The van der Waals surface area contributed by atoms with E-state index < -0.39 is 11.7 Å². The van der Waals surface area contributed by atoms with Crippen LogP contribution in [0, 0.1) is 0 Å². The lowest BCUT2D eigenvalue weighted by atomic mass is 10.0. The van der Waals surface area contributed by atoms with Crippen LogP contribution in [0.3, 0.4) is 0 Å². The molecule has 1 rings (SSSR count). The Hall–Kier alpha value is -2.25. The van der Waals surface area contributed by atoms with Crippen LogP contribution >= 0.6 is 0 Å². The van der Waals surface area contributed by atoms with Crippen molar-refractivity contribution >= 4 is 6.09 Å². The summed E-state index contributed by atoms with van der Waals surface area (Å²) in [5.41, 5.74) is 0.936. The van der Waals surface area contributed by atoms with Crippen molar-refractivity contribution in [2.24, 2.45) is 16.2 Å². The van der Waals surface area contributed by atoms with Gasteiger partial charge in [-0.2, -0.15) is 5.11 Å². The number of hydrogen-bond acceptors (Lipinski definition) is 6. The van der Waals surface area contributed by atoms with E-state index in [1.807, 2.05) is 13.0 Å². The van der Waals surface area contributed by atoms with Gasteiger partial charge in [0.25, 0.3) is 0 Å². The molecule has 0 radical (unpaired) electrons. The van der Waals surface area contributed by atoms with Crippen molar-refractivity contribution in [3.63, 3.8) is 0 Å². The minimum absolute atomic E-state index is 0.0124. The largest absolute Gasteiger partial charge is 0.495 e. The second-order valence-electron chi connectivity index (χ2n) is 5.73. The lowest BCUT2D eigenvalue weighted by Crippen LogP contribution is -2.43. The average molecular weight is 297 g/mol. The van der Waals surface area contributed by atoms with Gasteiger partial charge in [0.1, 0.15) is 5.60 Å². The predicted molar refractivity (Wildman–Crippen MR) is 78.5 cm³/mol. The molecule has 0 spiro atoms. The van der Waals surface area contributed by atoms with Crippen LogP contribution < -0.4 is 16.5 Å². The maximum atomic E-state index is 11.6. The number of dihydropyridines is 1. The Morgan fingerprint density at radius 3 is 2.76 bits per heavy atom. The first-order valence-corrected chi connectivity index (χ1v) is 6.64. The molecule has 8 nitrogen and oxygen atoms in total. The molecule has 0 aromatic carbocycles. The first kappa shape index (κ1) is 16.8. The van der Waals surface area contributed by atoms with Gasteiger partial charge < -0.3 is 26.3 Å². The second kappa shape index (κ2) is 6.96. The predicted octanol–water partition coefficient (Wildman–Crippen LogP) is 1.52. The third kappa shape index (κ3) is 5.72. The first-order chi connectivity index (χ1) is 9.73. The molecule has 0 aliphatic carbocycles. The van der Waals surface area contributed by atoms with Gasteiger partial charge in [0, 0.05) is 12.1 Å². The summed E-state index contributed by atoms with van der Waals surface area (Å²) in [7, 11) is 0. The van der Waals surface area contributed by atoms with Crippen molar-refractivity contribution in [1.29, 1.82) is 0 Å². The fourth-order valence-corrected chi connectivity index (χ4v) is 1.82. The van der Waals surface area contributed by atoms with Gasteiger partial charge >= 0.3 is 6.09 Å². The molecular formula is C13H23N5O3. The number of carbonyl (C=O) groups is 1. The number of aliphatic hydroxyl groups is 1. The van der Waals surface area contributed by atoms with Crippen molar-refractivity contribution < 1.29 is 14.6 Å². The van der Waals surface area contributed by atoms with Crippen LogP contribution in [-0.2, 0) is 4.74 Å². The van der Waals surface area contributed by atoms with Crippen molar-refractivity contribution in [1.82, 2.24) is 10.6 Å². The summed E-state index contributed by atoms with van der Waals surface area (Å²) in [6, 6.07) is -0.226. The summed E-state index contributed by atoms with van der Waals surface area (Å²) in [4.78, 5) is 11.6. The fraction of sp³-hybridized carbons (Fsp3) is 0.615. The molecule has 0 aromatic rings. The number of carbonyl (C=O) groups excluding carboxylic acids is 1. The maximum absolute atomic E-state index is 11.6. The van der Waals surface area contributed by atoms with Crippen LogP contribution in [-0.4, -0.2) is 35.9 Å². The SMILES string of the molecule is CC1=CC(CNC(=O)OC(C)(C)C)NC(O)=C1CN=NN. The van der Waals surface area contributed by atoms with Crippen molar-refractivity contribution in [3.05, 3.63) is 23.1 Å². The first-order valence-electron chi connectivity index (χ1n) is 6.64. The van der Waals surface area contributed by atoms with Crippen molar-refractivity contribution in [2.75, 3.05) is 13.1 Å². The van der Waals surface area contributed by atoms with Crippen molar-refractivity contribution in [2.45, 2.75) is 39.3 Å². The van der Waals surface area contributed by atoms with E-state index in [4.69, 9.17) is 10.6 Å². The summed E-state index contributed by atoms with van der Waals surface area (Å²) < 4.78 is 5.14. The number of ether oxygens (including phenoxy) is 1. The third-order valence-electron chi connectivity index (χ3n) is 2.71. The highest BCUT2D eigenvalue weighted by Crippen LogP contribution is 2.18. The van der Waals surface area contributed by atoms with Crippen LogP contribution in [0.2, 0.25) is 0 Å². The molecule has 1 heterocycles. The highest BCUT2D eigenvalue weighted by Gasteiger charge is 2.21. The lowest BCUT2D eigenvalue weighted by Gasteiger charge is -2.25. The number of rotatable bonds is 4. The van der Waals surface area contributed by atoms with Crippen LogP contribution in [0.5, 0.6) is 0 Å². The standard InChI is InChI=1S/C13H23N5O3/c1-8-5-9(6-15-12(20)21-13(2,3)4)17-11(19)10(8)7-16-18-14/h5,9,17,19H,6-7H2,1-4H3,(H2,14,16)(H,15,20). The monoisotopic (exact) mass is 297 g/mol. The topological polar surface area (TPSA) is 121 Å². The molecule has 1 amide bonds. The number of aliphatic hydroxyl groups excluding tert-OH is 1. The van der Waals surface area contributed by atoms with Gasteiger partial charge in [0.2, 0.25) is 0 Å². The van der Waals surface area contributed by atoms with Gasteiger partial charge in [-0.05, 0) is 33.3 Å². The third-order valence-corrected chi connectivity index (χ3v) is 2.71. The number of hydrogen-bond donors (Lipinski definition) is 4. The molecule has 118 valence electrons. The minimum atomic E-state index is -0.543. The van der Waals surface area contributed by atoms with E-state index >= 15 is 0 Å². The van der Waals surface area contributed by atoms with Crippen LogP contribution in [0.25, 0.3) is 0 Å². The molecule has 5 N–H and O–H groups in total. The Labute approximate surface area is 124 Å². The van der Waals surface area contributed by atoms with E-state index in [2.05, 4.69) is 21.0 Å². The molecule has 0 saturated carbocycles. The zero-order chi connectivity index (χ0) is 16.0. The maximum Gasteiger partial charge on any atom is 0.407 e. The number of amides is 1. The summed E-state index contributed by atoms with van der Waals surface area (Å²) in [5.74, 6) is 4.96. The van der Waals surface area contributed by atoms with Gasteiger partial charge in [-0.1, -0.05) is 11.3 Å². The molecule has 0 aromatic heterocycles. The quantitative estimate of drug-likeness (QED) is 0.356. The highest BCUT2D eigenvalue weighted by molar-refractivity contribution is 5.67. The highest BCUT2D eigenvalue weighted by atomic mass is 16.6. The number of nitrogens with one attached hydrogen (secondary N) is 2. The molecule has 0 saturated heterocycles. The van der Waals surface area contributed by atoms with Crippen LogP contribution in [0.4, 0.5) is 4.79 Å². The van der Waals surface area contributed by atoms with Gasteiger partial charge in [-0.25, -0.2) is 4.79 Å². The number of nitrogens with zero attached hydrogens (tertiary/aromatic N) is 2. The molecule has 1 atom stereocenters. The van der Waals surface area contributed by atoms with E-state index in [9.17, 15) is 9.90 Å². The Balaban J connectivity index is 2.54. The normalized spacial score (nSPS) is 19.2. The molecule has 8 heteroatoms. The summed E-state index contributed by atoms with van der Waals surface area (Å²) >= 11 is 0. The van der Waals surface area contributed by atoms with Crippen LogP contribution in [0.1, 0.15) is 27.7 Å². The number of alkyl carbamates (subject to hydrolysis) is 1. The van der Waals surface area contributed by atoms with Gasteiger partial charge in [0.05, 0.1) is 12.6 Å². The van der Waals surface area contributed by atoms with E-state index in [-0.39, 0.29) is 18.5 Å². The zero-order valence-electron chi connectivity index (χ0n) is 12.8. The Bertz CT molecular complexity index is 477. The van der Waals surface area contributed by atoms with E-state index in [0.717, 1.165) is 5.57 Å². The molecule has 1 aliphatic heterocycles. The van der Waals surface area contributed by atoms with Crippen LogP contribution in [0.15, 0.2) is 33.4 Å². The summed E-state index contributed by atoms with van der Waals surface area (Å²) in [6.45, 7) is 7.72. The lowest BCUT2D eigenvalue weighted by molar-refractivity contribution is 0.0524. The van der Waals surface area contributed by atoms with Crippen molar-refractivity contribution in [3.8, 4) is 0 Å². The second-order valence-corrected chi connectivity index (χ2v) is 5.73. The molecule has 1 unspecified atom stereocenters. The Morgan fingerprint density at radius 2 is 2.24 bits per heavy atom. The Kier molecular flexibility index (Phi) is 5.57. The molecular weight excluding hydrogens is 274 g/mol. The summed E-state index contributed by atoms with van der Waals surface area (Å²) in [5, 5.41) is 22.3. The average Bonchev–Trinajstić information content (AvgIpc) is 2.33. The van der Waals surface area contributed by atoms with Gasteiger partial charge in [-0.3, -0.25) is 0 Å².